The van der Waals surface area contributed by atoms with Crippen LogP contribution >= 0.6 is 0 Å². The first-order valence-electron chi connectivity index (χ1n) is 10.3. The van der Waals surface area contributed by atoms with Crippen LogP contribution in [0.4, 0.5) is 0 Å². The van der Waals surface area contributed by atoms with Crippen molar-refractivity contribution in [2.75, 3.05) is 46.5 Å². The van der Waals surface area contributed by atoms with E-state index in [4.69, 9.17) is 9.47 Å². The highest BCUT2D eigenvalue weighted by Gasteiger charge is 2.39. The molecule has 1 atom stereocenters. The first-order chi connectivity index (χ1) is 13.1. The van der Waals surface area contributed by atoms with E-state index in [-0.39, 0.29) is 11.3 Å². The predicted molar refractivity (Wildman–Crippen MR) is 107 cm³/mol. The summed E-state index contributed by atoms with van der Waals surface area (Å²) in [4.78, 5) is 15.6. The molecule has 5 nitrogen and oxygen atoms in total. The SMILES string of the molecule is CO[C@@](C)(C(=O)NCC1(CN2CCOCC2)CCCCC1)c1ccccc1. The second-order valence-electron chi connectivity index (χ2n) is 8.24. The minimum atomic E-state index is -0.962. The average Bonchev–Trinajstić information content (AvgIpc) is 2.73. The minimum absolute atomic E-state index is 0.0527. The number of nitrogens with zero attached hydrogens (tertiary/aromatic N) is 1. The van der Waals surface area contributed by atoms with E-state index in [2.05, 4.69) is 10.2 Å². The van der Waals surface area contributed by atoms with Crippen LogP contribution in [0.25, 0.3) is 0 Å². The van der Waals surface area contributed by atoms with E-state index in [1.165, 1.54) is 32.1 Å². The molecule has 0 radical (unpaired) electrons. The zero-order chi connectivity index (χ0) is 19.2. The molecule has 0 unspecified atom stereocenters. The van der Waals surface area contributed by atoms with Gasteiger partial charge in [-0.1, -0.05) is 49.6 Å². The number of carbonyl (C=O) groups is 1. The molecular weight excluding hydrogens is 340 g/mol. The Bertz CT molecular complexity index is 595. The van der Waals surface area contributed by atoms with Crippen LogP contribution in [0.2, 0.25) is 0 Å². The Kier molecular flexibility index (Phi) is 6.90. The number of nitrogens with one attached hydrogen (secondary N) is 1. The number of ether oxygens (including phenoxy) is 2. The average molecular weight is 375 g/mol. The van der Waals surface area contributed by atoms with E-state index in [0.717, 1.165) is 45.0 Å². The summed E-state index contributed by atoms with van der Waals surface area (Å²) in [6.07, 6.45) is 6.17. The number of rotatable bonds is 7. The van der Waals surface area contributed by atoms with Crippen molar-refractivity contribution in [3.8, 4) is 0 Å². The Hall–Kier alpha value is -1.43. The first-order valence-corrected chi connectivity index (χ1v) is 10.3. The third kappa shape index (κ3) is 4.89. The van der Waals surface area contributed by atoms with Gasteiger partial charge < -0.3 is 14.8 Å². The van der Waals surface area contributed by atoms with Crippen molar-refractivity contribution in [2.45, 2.75) is 44.6 Å². The largest absolute Gasteiger partial charge is 0.379 e. The van der Waals surface area contributed by atoms with Crippen molar-refractivity contribution >= 4 is 5.91 Å². The van der Waals surface area contributed by atoms with Crippen LogP contribution < -0.4 is 5.32 Å². The van der Waals surface area contributed by atoms with Gasteiger partial charge in [0.15, 0.2) is 5.60 Å². The number of amides is 1. The summed E-state index contributed by atoms with van der Waals surface area (Å²) in [5.41, 5.74) is 0.0861. The van der Waals surface area contributed by atoms with Crippen LogP contribution in [-0.4, -0.2) is 57.3 Å². The first kappa shape index (κ1) is 20.3. The maximum Gasteiger partial charge on any atom is 0.256 e. The lowest BCUT2D eigenvalue weighted by molar-refractivity contribution is -0.143. The van der Waals surface area contributed by atoms with Crippen molar-refractivity contribution in [1.82, 2.24) is 10.2 Å². The number of methoxy groups -OCH3 is 1. The Balaban J connectivity index is 1.67. The molecule has 1 saturated heterocycles. The smallest absolute Gasteiger partial charge is 0.256 e. The topological polar surface area (TPSA) is 50.8 Å². The van der Waals surface area contributed by atoms with Crippen LogP contribution in [0.15, 0.2) is 30.3 Å². The molecule has 2 fully saturated rings. The highest BCUT2D eigenvalue weighted by molar-refractivity contribution is 5.86. The molecule has 1 aliphatic carbocycles. The lowest BCUT2D eigenvalue weighted by Crippen LogP contribution is -2.52. The van der Waals surface area contributed by atoms with Gasteiger partial charge >= 0.3 is 0 Å². The Morgan fingerprint density at radius 3 is 2.48 bits per heavy atom. The number of benzene rings is 1. The van der Waals surface area contributed by atoms with Crippen molar-refractivity contribution in [3.05, 3.63) is 35.9 Å². The summed E-state index contributed by atoms with van der Waals surface area (Å²) in [5.74, 6) is -0.0527. The fraction of sp³-hybridized carbons (Fsp3) is 0.682. The molecule has 1 aliphatic heterocycles. The fourth-order valence-electron chi connectivity index (χ4n) is 4.46. The molecule has 1 aromatic carbocycles. The molecule has 0 bridgehead atoms. The van der Waals surface area contributed by atoms with Crippen LogP contribution in [0, 0.1) is 5.41 Å². The van der Waals surface area contributed by atoms with Crippen LogP contribution in [0.1, 0.15) is 44.6 Å². The molecule has 1 N–H and O–H groups in total. The molecule has 0 aromatic heterocycles. The second kappa shape index (κ2) is 9.18. The number of morpholine rings is 1. The molecule has 1 heterocycles. The zero-order valence-electron chi connectivity index (χ0n) is 16.8. The van der Waals surface area contributed by atoms with E-state index in [1.54, 1.807) is 7.11 Å². The highest BCUT2D eigenvalue weighted by atomic mass is 16.5. The molecule has 2 aliphatic rings. The second-order valence-corrected chi connectivity index (χ2v) is 8.24. The van der Waals surface area contributed by atoms with Gasteiger partial charge in [-0.05, 0) is 25.3 Å². The monoisotopic (exact) mass is 374 g/mol. The van der Waals surface area contributed by atoms with E-state index < -0.39 is 5.60 Å². The molecule has 1 saturated carbocycles. The van der Waals surface area contributed by atoms with Crippen LogP contribution in [-0.2, 0) is 19.9 Å². The van der Waals surface area contributed by atoms with Crippen molar-refractivity contribution in [3.63, 3.8) is 0 Å². The van der Waals surface area contributed by atoms with Gasteiger partial charge in [-0.3, -0.25) is 9.69 Å². The van der Waals surface area contributed by atoms with Gasteiger partial charge in [-0.2, -0.15) is 0 Å². The summed E-state index contributed by atoms with van der Waals surface area (Å²) in [6, 6.07) is 9.75. The van der Waals surface area contributed by atoms with Gasteiger partial charge in [0.2, 0.25) is 0 Å². The molecule has 5 heteroatoms. The molecule has 150 valence electrons. The van der Waals surface area contributed by atoms with Gasteiger partial charge in [0.25, 0.3) is 5.91 Å². The summed E-state index contributed by atoms with van der Waals surface area (Å²) in [6.45, 7) is 7.25. The zero-order valence-corrected chi connectivity index (χ0v) is 16.8. The Labute approximate surface area is 163 Å². The summed E-state index contributed by atoms with van der Waals surface area (Å²) in [7, 11) is 1.61. The molecular formula is C22H34N2O3. The van der Waals surface area contributed by atoms with Gasteiger partial charge in [0.05, 0.1) is 13.2 Å². The summed E-state index contributed by atoms with van der Waals surface area (Å²) >= 11 is 0. The number of carbonyl (C=O) groups excluding carboxylic acids is 1. The third-order valence-corrected chi connectivity index (χ3v) is 6.37. The van der Waals surface area contributed by atoms with Crippen LogP contribution in [0.5, 0.6) is 0 Å². The normalized spacial score (nSPS) is 22.7. The molecule has 1 amide bonds. The predicted octanol–water partition coefficient (Wildman–Crippen LogP) is 2.95. The minimum Gasteiger partial charge on any atom is -0.379 e. The number of hydrogen-bond donors (Lipinski definition) is 1. The van der Waals surface area contributed by atoms with Gasteiger partial charge in [0, 0.05) is 38.7 Å². The van der Waals surface area contributed by atoms with Crippen molar-refractivity contribution in [1.29, 1.82) is 0 Å². The standard InChI is InChI=1S/C22H34N2O3/c1-21(26-2,19-9-5-3-6-10-19)20(25)23-17-22(11-7-4-8-12-22)18-24-13-15-27-16-14-24/h3,5-6,9-10H,4,7-8,11-18H2,1-2H3,(H,23,25)/t21-/m1/s1. The lowest BCUT2D eigenvalue weighted by atomic mass is 9.73. The van der Waals surface area contributed by atoms with Gasteiger partial charge in [0.1, 0.15) is 0 Å². The van der Waals surface area contributed by atoms with Crippen molar-refractivity contribution < 1.29 is 14.3 Å². The lowest BCUT2D eigenvalue weighted by Gasteiger charge is -2.43. The molecule has 3 rings (SSSR count). The fourth-order valence-corrected chi connectivity index (χ4v) is 4.46. The van der Waals surface area contributed by atoms with Crippen LogP contribution in [0.3, 0.4) is 0 Å². The van der Waals surface area contributed by atoms with Gasteiger partial charge in [-0.15, -0.1) is 0 Å². The third-order valence-electron chi connectivity index (χ3n) is 6.37. The Morgan fingerprint density at radius 2 is 1.85 bits per heavy atom. The summed E-state index contributed by atoms with van der Waals surface area (Å²) < 4.78 is 11.2. The van der Waals surface area contributed by atoms with E-state index >= 15 is 0 Å². The molecule has 27 heavy (non-hydrogen) atoms. The maximum atomic E-state index is 13.1. The van der Waals surface area contributed by atoms with E-state index in [1.807, 2.05) is 37.3 Å². The molecule has 0 spiro atoms. The van der Waals surface area contributed by atoms with E-state index in [0.29, 0.717) is 0 Å². The molecule has 1 aromatic rings. The Morgan fingerprint density at radius 1 is 1.19 bits per heavy atom. The number of hydrogen-bond acceptors (Lipinski definition) is 4. The maximum absolute atomic E-state index is 13.1. The van der Waals surface area contributed by atoms with Gasteiger partial charge in [-0.25, -0.2) is 0 Å². The highest BCUT2D eigenvalue weighted by Crippen LogP contribution is 2.37. The van der Waals surface area contributed by atoms with E-state index in [9.17, 15) is 4.79 Å². The van der Waals surface area contributed by atoms with Crippen molar-refractivity contribution in [2.24, 2.45) is 5.41 Å². The quantitative estimate of drug-likeness (QED) is 0.797. The summed E-state index contributed by atoms with van der Waals surface area (Å²) in [5, 5.41) is 3.25.